The molecule has 2 aromatic heterocycles. The van der Waals surface area contributed by atoms with Crippen LogP contribution in [0.3, 0.4) is 0 Å². The van der Waals surface area contributed by atoms with Crippen molar-refractivity contribution in [1.82, 2.24) is 9.55 Å². The highest BCUT2D eigenvalue weighted by Gasteiger charge is 2.17. The van der Waals surface area contributed by atoms with E-state index in [0.29, 0.717) is 24.3 Å². The number of pyridine rings is 1. The second kappa shape index (κ2) is 12.9. The van der Waals surface area contributed by atoms with Gasteiger partial charge in [0.1, 0.15) is 11.9 Å². The molecule has 3 aromatic rings. The summed E-state index contributed by atoms with van der Waals surface area (Å²) in [7, 11) is 0. The van der Waals surface area contributed by atoms with E-state index in [2.05, 4.69) is 18.0 Å². The smallest absolute Gasteiger partial charge is 0.494 e. The minimum Gasteiger partial charge on any atom is -0.494 e. The average molecular weight is 501 g/mol. The number of carbonyl (C=O) groups excluding carboxylic acids is 1. The van der Waals surface area contributed by atoms with Gasteiger partial charge >= 0.3 is 11.0 Å². The van der Waals surface area contributed by atoms with Gasteiger partial charge in [0.2, 0.25) is 5.88 Å². The Morgan fingerprint density at radius 2 is 1.89 bits per heavy atom. The fourth-order valence-corrected chi connectivity index (χ4v) is 4.33. The Balaban J connectivity index is 1.50. The number of thiazole rings is 1. The first kappa shape index (κ1) is 26.3. The lowest BCUT2D eigenvalue weighted by Crippen LogP contribution is -2.20. The zero-order valence-corrected chi connectivity index (χ0v) is 21.2. The topological polar surface area (TPSA) is 99.9 Å². The summed E-state index contributed by atoms with van der Waals surface area (Å²) < 4.78 is 16.9. The van der Waals surface area contributed by atoms with E-state index in [1.54, 1.807) is 6.92 Å². The van der Waals surface area contributed by atoms with Crippen LogP contribution in [-0.4, -0.2) is 33.5 Å². The molecular formula is C26H32N2O6S. The second-order valence-corrected chi connectivity index (χ2v) is 9.26. The van der Waals surface area contributed by atoms with Crippen molar-refractivity contribution in [2.45, 2.75) is 65.7 Å². The Kier molecular flexibility index (Phi) is 9.72. The second-order valence-electron chi connectivity index (χ2n) is 8.21. The Hall–Kier alpha value is -3.33. The highest BCUT2D eigenvalue weighted by Crippen LogP contribution is 2.24. The van der Waals surface area contributed by atoms with Gasteiger partial charge in [-0.15, -0.1) is 0 Å². The molecule has 0 bridgehead atoms. The fraction of sp³-hybridized carbons (Fsp3) is 0.423. The van der Waals surface area contributed by atoms with Gasteiger partial charge in [-0.05, 0) is 49.1 Å². The third-order valence-corrected chi connectivity index (χ3v) is 6.42. The highest BCUT2D eigenvalue weighted by molar-refractivity contribution is 7.09. The number of rotatable bonds is 12. The van der Waals surface area contributed by atoms with Crippen molar-refractivity contribution in [1.29, 1.82) is 0 Å². The van der Waals surface area contributed by atoms with Gasteiger partial charge in [0.05, 0.1) is 11.5 Å². The van der Waals surface area contributed by atoms with Crippen LogP contribution in [-0.2, 0) is 35.5 Å². The Morgan fingerprint density at radius 1 is 1.14 bits per heavy atom. The zero-order valence-electron chi connectivity index (χ0n) is 20.4. The molecule has 3 rings (SSSR count). The molecular weight excluding hydrogens is 468 g/mol. The molecule has 1 atom stereocenters. The molecule has 0 fully saturated rings. The highest BCUT2D eigenvalue weighted by atomic mass is 32.1. The Bertz CT molecular complexity index is 1140. The zero-order chi connectivity index (χ0) is 25.2. The van der Waals surface area contributed by atoms with Gasteiger partial charge in [-0.3, -0.25) is 9.78 Å². The van der Waals surface area contributed by atoms with Gasteiger partial charge < -0.3 is 19.3 Å². The predicted molar refractivity (Wildman–Crippen MR) is 134 cm³/mol. The number of benzene rings is 1. The summed E-state index contributed by atoms with van der Waals surface area (Å²) in [5.74, 6) is 0.523. The summed E-state index contributed by atoms with van der Waals surface area (Å²) in [6.45, 7) is 5.98. The standard InChI is InChI=1S/C26H32N2O6S/c1-4-6-18(3)34-26(31)33-17-28-24(29)23(35-25(28)30)15-20-8-11-22(12-9-20)32-14-13-21-10-7-19(5-2)16-27-21/h7-12,16,18,29H,4-6,13-15,17H2,1-3H3. The molecule has 1 unspecified atom stereocenters. The molecule has 1 N–H and O–H groups in total. The minimum absolute atomic E-state index is 0.212. The molecule has 0 spiro atoms. The molecule has 1 aromatic carbocycles. The summed E-state index contributed by atoms with van der Waals surface area (Å²) in [4.78, 5) is 28.6. The summed E-state index contributed by atoms with van der Waals surface area (Å²) >= 11 is 0.915. The Morgan fingerprint density at radius 3 is 2.54 bits per heavy atom. The van der Waals surface area contributed by atoms with Crippen molar-refractivity contribution >= 4 is 17.5 Å². The van der Waals surface area contributed by atoms with E-state index in [4.69, 9.17) is 14.2 Å². The van der Waals surface area contributed by atoms with E-state index < -0.39 is 17.8 Å². The molecule has 188 valence electrons. The first-order valence-corrected chi connectivity index (χ1v) is 12.6. The van der Waals surface area contributed by atoms with Gasteiger partial charge in [0.25, 0.3) is 0 Å². The maximum Gasteiger partial charge on any atom is 0.510 e. The molecule has 0 radical (unpaired) electrons. The molecule has 35 heavy (non-hydrogen) atoms. The van der Waals surface area contributed by atoms with Crippen LogP contribution < -0.4 is 9.61 Å². The fourth-order valence-electron chi connectivity index (χ4n) is 3.43. The van der Waals surface area contributed by atoms with E-state index in [1.165, 1.54) is 5.56 Å². The summed E-state index contributed by atoms with van der Waals surface area (Å²) in [6.07, 6.45) is 4.40. The average Bonchev–Trinajstić information content (AvgIpc) is 3.11. The van der Waals surface area contributed by atoms with Crippen LogP contribution in [0.5, 0.6) is 11.6 Å². The number of carbonyl (C=O) groups is 1. The SMILES string of the molecule is CCCC(C)OC(=O)OCn1c(O)c(Cc2ccc(OCCc3ccc(CC)cn3)cc2)sc1=O. The van der Waals surface area contributed by atoms with Crippen LogP contribution in [0.1, 0.15) is 55.3 Å². The monoisotopic (exact) mass is 500 g/mol. The van der Waals surface area contributed by atoms with Crippen molar-refractivity contribution < 1.29 is 24.1 Å². The van der Waals surface area contributed by atoms with Crippen LogP contribution in [0, 0.1) is 0 Å². The van der Waals surface area contributed by atoms with Crippen LogP contribution in [0.25, 0.3) is 0 Å². The number of hydrogen-bond donors (Lipinski definition) is 1. The maximum absolute atomic E-state index is 12.3. The minimum atomic E-state index is -0.866. The molecule has 0 aliphatic rings. The summed E-state index contributed by atoms with van der Waals surface area (Å²) in [5.41, 5.74) is 3.11. The molecule has 0 amide bonds. The maximum atomic E-state index is 12.3. The van der Waals surface area contributed by atoms with E-state index in [-0.39, 0.29) is 12.0 Å². The molecule has 0 aliphatic carbocycles. The predicted octanol–water partition coefficient (Wildman–Crippen LogP) is 5.08. The van der Waals surface area contributed by atoms with Gasteiger partial charge in [0.15, 0.2) is 6.73 Å². The third-order valence-electron chi connectivity index (χ3n) is 5.45. The molecule has 8 nitrogen and oxygen atoms in total. The van der Waals surface area contributed by atoms with Gasteiger partial charge in [0, 0.05) is 24.7 Å². The van der Waals surface area contributed by atoms with E-state index in [0.717, 1.165) is 52.2 Å². The van der Waals surface area contributed by atoms with Gasteiger partial charge in [-0.25, -0.2) is 9.36 Å². The van der Waals surface area contributed by atoms with Crippen LogP contribution in [0.4, 0.5) is 4.79 Å². The van der Waals surface area contributed by atoms with Crippen LogP contribution in [0.15, 0.2) is 47.4 Å². The van der Waals surface area contributed by atoms with E-state index in [1.807, 2.05) is 43.5 Å². The first-order chi connectivity index (χ1) is 16.9. The molecule has 0 saturated carbocycles. The van der Waals surface area contributed by atoms with Crippen molar-refractivity contribution in [3.05, 3.63) is 74.0 Å². The number of nitrogens with zero attached hydrogens (tertiary/aromatic N) is 2. The number of aryl methyl sites for hydroxylation is 1. The molecule has 0 saturated heterocycles. The number of ether oxygens (including phenoxy) is 3. The largest absolute Gasteiger partial charge is 0.510 e. The normalized spacial score (nSPS) is 11.7. The number of hydrogen-bond acceptors (Lipinski definition) is 8. The number of aromatic nitrogens is 2. The van der Waals surface area contributed by atoms with Crippen LogP contribution >= 0.6 is 11.3 Å². The number of aromatic hydroxyl groups is 1. The molecule has 2 heterocycles. The van der Waals surface area contributed by atoms with Gasteiger partial charge in [-0.2, -0.15) is 0 Å². The first-order valence-electron chi connectivity index (χ1n) is 11.8. The summed E-state index contributed by atoms with van der Waals surface area (Å²) in [5, 5.41) is 10.5. The van der Waals surface area contributed by atoms with Crippen LogP contribution in [0.2, 0.25) is 0 Å². The van der Waals surface area contributed by atoms with E-state index >= 15 is 0 Å². The third kappa shape index (κ3) is 7.85. The molecule has 0 aliphatic heterocycles. The summed E-state index contributed by atoms with van der Waals surface area (Å²) in [6, 6.07) is 11.6. The van der Waals surface area contributed by atoms with Crippen molar-refractivity contribution in [3.8, 4) is 11.6 Å². The Labute approximate surface area is 209 Å². The van der Waals surface area contributed by atoms with Crippen molar-refractivity contribution in [2.75, 3.05) is 6.61 Å². The quantitative estimate of drug-likeness (QED) is 0.346. The lowest BCUT2D eigenvalue weighted by atomic mass is 10.1. The lowest BCUT2D eigenvalue weighted by molar-refractivity contribution is 0.00756. The van der Waals surface area contributed by atoms with E-state index in [9.17, 15) is 14.7 Å². The van der Waals surface area contributed by atoms with Gasteiger partial charge in [-0.1, -0.05) is 49.8 Å². The van der Waals surface area contributed by atoms with Crippen molar-refractivity contribution in [3.63, 3.8) is 0 Å². The van der Waals surface area contributed by atoms with Crippen molar-refractivity contribution in [2.24, 2.45) is 0 Å². The lowest BCUT2D eigenvalue weighted by Gasteiger charge is -2.12. The molecule has 9 heteroatoms.